The summed E-state index contributed by atoms with van der Waals surface area (Å²) in [6.07, 6.45) is -2.95. The molecule has 1 atom stereocenters. The molecular weight excluding hydrogens is 447 g/mol. The van der Waals surface area contributed by atoms with Crippen molar-refractivity contribution in [3.8, 4) is 0 Å². The van der Waals surface area contributed by atoms with Crippen molar-refractivity contribution in [1.29, 1.82) is 0 Å². The predicted molar refractivity (Wildman–Crippen MR) is 111 cm³/mol. The summed E-state index contributed by atoms with van der Waals surface area (Å²) in [5, 5.41) is 2.48. The monoisotopic (exact) mass is 469 g/mol. The number of carbonyl (C=O) groups excluding carboxylic acids is 2. The number of likely N-dealkylation sites (tertiary alicyclic amines) is 1. The first-order valence-electron chi connectivity index (χ1n) is 9.88. The van der Waals surface area contributed by atoms with Crippen LogP contribution in [0, 0.1) is 0 Å². The first-order valence-corrected chi connectivity index (χ1v) is 11.4. The Morgan fingerprint density at radius 1 is 1.00 bits per heavy atom. The quantitative estimate of drug-likeness (QED) is 0.679. The van der Waals surface area contributed by atoms with E-state index in [1.54, 1.807) is 17.0 Å². The van der Waals surface area contributed by atoms with Gasteiger partial charge in [0.2, 0.25) is 15.9 Å². The zero-order valence-corrected chi connectivity index (χ0v) is 18.0. The third-order valence-electron chi connectivity index (χ3n) is 5.00. The van der Waals surface area contributed by atoms with E-state index in [0.29, 0.717) is 30.4 Å². The minimum atomic E-state index is -4.87. The smallest absolute Gasteiger partial charge is 0.339 e. The Bertz CT molecular complexity index is 1100. The number of hydrogen-bond acceptors (Lipinski definition) is 4. The van der Waals surface area contributed by atoms with Crippen molar-refractivity contribution in [2.75, 3.05) is 18.4 Å². The molecule has 32 heavy (non-hydrogen) atoms. The van der Waals surface area contributed by atoms with E-state index >= 15 is 0 Å². The highest BCUT2D eigenvalue weighted by Gasteiger charge is 2.37. The summed E-state index contributed by atoms with van der Waals surface area (Å²) in [6.45, 7) is 2.62. The molecule has 0 saturated carbocycles. The molecule has 2 aromatic carbocycles. The van der Waals surface area contributed by atoms with Crippen molar-refractivity contribution in [1.82, 2.24) is 9.62 Å². The number of nitrogens with one attached hydrogen (secondary N) is 2. The lowest BCUT2D eigenvalue weighted by atomic mass is 10.2. The Labute approximate surface area is 183 Å². The summed E-state index contributed by atoms with van der Waals surface area (Å²) < 4.78 is 66.4. The van der Waals surface area contributed by atoms with Gasteiger partial charge in [0.25, 0.3) is 5.91 Å². The van der Waals surface area contributed by atoms with E-state index < -0.39 is 38.6 Å². The molecule has 7 nitrogen and oxygen atoms in total. The second kappa shape index (κ2) is 9.29. The molecule has 11 heteroatoms. The van der Waals surface area contributed by atoms with Crippen LogP contribution in [0.5, 0.6) is 0 Å². The van der Waals surface area contributed by atoms with Gasteiger partial charge >= 0.3 is 6.18 Å². The fraction of sp³-hybridized carbons (Fsp3) is 0.333. The van der Waals surface area contributed by atoms with Gasteiger partial charge in [-0.2, -0.15) is 17.9 Å². The van der Waals surface area contributed by atoms with Gasteiger partial charge in [0.1, 0.15) is 0 Å². The van der Waals surface area contributed by atoms with Crippen molar-refractivity contribution in [3.63, 3.8) is 0 Å². The highest BCUT2D eigenvalue weighted by atomic mass is 32.2. The molecule has 0 radical (unpaired) electrons. The number of sulfonamides is 1. The standard InChI is InChI=1S/C21H22F3N3O4S/c1-14(26-32(30,31)18-7-3-2-6-17(18)21(22,23)24)19(28)25-16-10-8-15(9-11-16)20(29)27-12-4-5-13-27/h2-3,6-11,14,26H,4-5,12-13H2,1H3,(H,25,28). The molecule has 0 aliphatic carbocycles. The molecule has 1 aliphatic heterocycles. The minimum absolute atomic E-state index is 0.107. The molecular formula is C21H22F3N3O4S. The van der Waals surface area contributed by atoms with Crippen LogP contribution in [0.4, 0.5) is 18.9 Å². The van der Waals surface area contributed by atoms with Gasteiger partial charge in [-0.15, -0.1) is 0 Å². The number of rotatable bonds is 6. The Morgan fingerprint density at radius 2 is 1.59 bits per heavy atom. The van der Waals surface area contributed by atoms with E-state index in [1.807, 2.05) is 4.72 Å². The van der Waals surface area contributed by atoms with Crippen LogP contribution < -0.4 is 10.0 Å². The predicted octanol–water partition coefficient (Wildman–Crippen LogP) is 3.25. The first-order chi connectivity index (χ1) is 15.0. The second-order valence-electron chi connectivity index (χ2n) is 7.40. The summed E-state index contributed by atoms with van der Waals surface area (Å²) in [7, 11) is -4.62. The molecule has 2 amide bonds. The number of benzene rings is 2. The number of alkyl halides is 3. The van der Waals surface area contributed by atoms with Crippen LogP contribution in [0.3, 0.4) is 0 Å². The molecule has 2 N–H and O–H groups in total. The molecule has 3 rings (SSSR count). The SMILES string of the molecule is CC(NS(=O)(=O)c1ccccc1C(F)(F)F)C(=O)Nc1ccc(C(=O)N2CCCC2)cc1. The lowest BCUT2D eigenvalue weighted by molar-refractivity contribution is -0.139. The largest absolute Gasteiger partial charge is 0.417 e. The van der Waals surface area contributed by atoms with E-state index in [1.165, 1.54) is 25.1 Å². The zero-order chi connectivity index (χ0) is 23.5. The van der Waals surface area contributed by atoms with Gasteiger partial charge in [0.05, 0.1) is 16.5 Å². The van der Waals surface area contributed by atoms with Gasteiger partial charge in [-0.1, -0.05) is 12.1 Å². The van der Waals surface area contributed by atoms with Crippen LogP contribution in [0.2, 0.25) is 0 Å². The van der Waals surface area contributed by atoms with Crippen molar-refractivity contribution >= 4 is 27.5 Å². The van der Waals surface area contributed by atoms with Gasteiger partial charge in [-0.05, 0) is 56.2 Å². The molecule has 1 saturated heterocycles. The minimum Gasteiger partial charge on any atom is -0.339 e. The van der Waals surface area contributed by atoms with Gasteiger partial charge in [0, 0.05) is 24.3 Å². The summed E-state index contributed by atoms with van der Waals surface area (Å²) in [6, 6.07) is 8.47. The van der Waals surface area contributed by atoms with Crippen molar-refractivity contribution in [2.45, 2.75) is 36.9 Å². The number of amides is 2. The molecule has 2 aromatic rings. The van der Waals surface area contributed by atoms with Crippen LogP contribution in [0.1, 0.15) is 35.7 Å². The van der Waals surface area contributed by atoms with Crippen molar-refractivity contribution in [3.05, 3.63) is 59.7 Å². The maximum Gasteiger partial charge on any atom is 0.417 e. The summed E-state index contributed by atoms with van der Waals surface area (Å²) in [5.74, 6) is -0.874. The van der Waals surface area contributed by atoms with Crippen molar-refractivity contribution < 1.29 is 31.2 Å². The van der Waals surface area contributed by atoms with Gasteiger partial charge in [-0.3, -0.25) is 9.59 Å². The van der Waals surface area contributed by atoms with Crippen LogP contribution >= 0.6 is 0 Å². The molecule has 1 heterocycles. The number of nitrogens with zero attached hydrogens (tertiary/aromatic N) is 1. The molecule has 0 spiro atoms. The van der Waals surface area contributed by atoms with Gasteiger partial charge < -0.3 is 10.2 Å². The second-order valence-corrected chi connectivity index (χ2v) is 9.09. The third-order valence-corrected chi connectivity index (χ3v) is 6.60. The van der Waals surface area contributed by atoms with E-state index in [9.17, 15) is 31.2 Å². The highest BCUT2D eigenvalue weighted by molar-refractivity contribution is 7.89. The number of halogens is 3. The van der Waals surface area contributed by atoms with E-state index in [0.717, 1.165) is 25.0 Å². The molecule has 1 aliphatic rings. The van der Waals surface area contributed by atoms with Crippen LogP contribution in [0.15, 0.2) is 53.4 Å². The molecule has 0 aromatic heterocycles. The Balaban J connectivity index is 1.67. The molecule has 172 valence electrons. The summed E-state index contributed by atoms with van der Waals surface area (Å²) in [4.78, 5) is 25.5. The Kier molecular flexibility index (Phi) is 6.89. The first kappa shape index (κ1) is 23.7. The lowest BCUT2D eigenvalue weighted by Crippen LogP contribution is -2.42. The Morgan fingerprint density at radius 3 is 2.19 bits per heavy atom. The normalized spacial score (nSPS) is 15.4. The third kappa shape index (κ3) is 5.46. The topological polar surface area (TPSA) is 95.6 Å². The maximum absolute atomic E-state index is 13.2. The zero-order valence-electron chi connectivity index (χ0n) is 17.1. The average molecular weight is 469 g/mol. The Hall–Kier alpha value is -2.92. The summed E-state index contributed by atoms with van der Waals surface area (Å²) in [5.41, 5.74) is -0.546. The summed E-state index contributed by atoms with van der Waals surface area (Å²) >= 11 is 0. The average Bonchev–Trinajstić information content (AvgIpc) is 3.28. The highest BCUT2D eigenvalue weighted by Crippen LogP contribution is 2.33. The molecule has 1 unspecified atom stereocenters. The van der Waals surface area contributed by atoms with Crippen LogP contribution in [0.25, 0.3) is 0 Å². The lowest BCUT2D eigenvalue weighted by Gasteiger charge is -2.18. The number of carbonyl (C=O) groups is 2. The number of anilines is 1. The van der Waals surface area contributed by atoms with Crippen LogP contribution in [-0.4, -0.2) is 44.3 Å². The fourth-order valence-corrected chi connectivity index (χ4v) is 4.76. The molecule has 1 fully saturated rings. The van der Waals surface area contributed by atoms with E-state index in [4.69, 9.17) is 0 Å². The van der Waals surface area contributed by atoms with Crippen molar-refractivity contribution in [2.24, 2.45) is 0 Å². The van der Waals surface area contributed by atoms with Gasteiger partial charge in [0.15, 0.2) is 0 Å². The number of hydrogen-bond donors (Lipinski definition) is 2. The maximum atomic E-state index is 13.2. The fourth-order valence-electron chi connectivity index (χ4n) is 3.33. The van der Waals surface area contributed by atoms with Gasteiger partial charge in [-0.25, -0.2) is 8.42 Å². The van der Waals surface area contributed by atoms with E-state index in [2.05, 4.69) is 5.32 Å². The van der Waals surface area contributed by atoms with Crippen LogP contribution in [-0.2, 0) is 21.0 Å². The molecule has 0 bridgehead atoms. The van der Waals surface area contributed by atoms with E-state index in [-0.39, 0.29) is 5.91 Å².